The summed E-state index contributed by atoms with van der Waals surface area (Å²) < 4.78 is 39.2. The Labute approximate surface area is 156 Å². The second-order valence-electron chi connectivity index (χ2n) is 6.46. The first-order valence-corrected chi connectivity index (χ1v) is 8.25. The third-order valence-electron chi connectivity index (χ3n) is 3.91. The molecule has 0 saturated heterocycles. The fraction of sp³-hybridized carbons (Fsp3) is 0.238. The van der Waals surface area contributed by atoms with Crippen molar-refractivity contribution >= 4 is 17.5 Å². The van der Waals surface area contributed by atoms with Gasteiger partial charge in [-0.1, -0.05) is 20.1 Å². The van der Waals surface area contributed by atoms with Crippen LogP contribution in [-0.2, 0) is 14.3 Å². The topological polar surface area (TPSA) is 52.6 Å². The highest BCUT2D eigenvalue weighted by atomic mass is 19.1. The average Bonchev–Trinajstić information content (AvgIpc) is 2.55. The van der Waals surface area contributed by atoms with E-state index in [1.165, 1.54) is 26.0 Å². The van der Waals surface area contributed by atoms with Crippen LogP contribution in [0.1, 0.15) is 32.8 Å². The van der Waals surface area contributed by atoms with E-state index < -0.39 is 29.5 Å². The lowest BCUT2D eigenvalue weighted by molar-refractivity contribution is -0.135. The van der Waals surface area contributed by atoms with Crippen molar-refractivity contribution in [2.24, 2.45) is 5.92 Å². The van der Waals surface area contributed by atoms with Crippen molar-refractivity contribution in [3.63, 3.8) is 0 Å². The normalized spacial score (nSPS) is 16.5. The Bertz CT molecular complexity index is 893. The number of benzene rings is 1. The Kier molecular flexibility index (Phi) is 6.10. The lowest BCUT2D eigenvalue weighted by Gasteiger charge is -2.23. The van der Waals surface area contributed by atoms with Gasteiger partial charge >= 0.3 is 11.9 Å². The summed E-state index contributed by atoms with van der Waals surface area (Å²) in [4.78, 5) is 23.1. The Morgan fingerprint density at radius 1 is 1.07 bits per heavy atom. The van der Waals surface area contributed by atoms with Crippen molar-refractivity contribution in [2.45, 2.75) is 27.2 Å². The van der Waals surface area contributed by atoms with Crippen molar-refractivity contribution in [2.75, 3.05) is 0 Å². The predicted octanol–water partition coefficient (Wildman–Crippen LogP) is 5.03. The van der Waals surface area contributed by atoms with Gasteiger partial charge < -0.3 is 9.47 Å². The first-order chi connectivity index (χ1) is 12.6. The molecule has 0 bridgehead atoms. The molecule has 1 aliphatic rings. The van der Waals surface area contributed by atoms with Gasteiger partial charge in [0.1, 0.15) is 23.2 Å². The van der Waals surface area contributed by atoms with Gasteiger partial charge in [-0.2, -0.15) is 0 Å². The molecule has 1 aromatic rings. The zero-order valence-electron chi connectivity index (χ0n) is 15.4. The smallest absolute Gasteiger partial charge is 0.338 e. The molecule has 2 rings (SSSR count). The van der Waals surface area contributed by atoms with Crippen molar-refractivity contribution in [1.82, 2.24) is 0 Å². The Morgan fingerprint density at radius 2 is 1.67 bits per heavy atom. The first kappa shape index (κ1) is 20.3. The fourth-order valence-electron chi connectivity index (χ4n) is 2.56. The highest BCUT2D eigenvalue weighted by molar-refractivity contribution is 5.89. The lowest BCUT2D eigenvalue weighted by Crippen LogP contribution is -2.13. The SMILES string of the molecule is C=C(C)C(=O)OC1=CC(F)=C(c2ccc(OC(=O)C(=C)C)cc2F)C(C)C1. The predicted molar refractivity (Wildman–Crippen MR) is 97.6 cm³/mol. The second-order valence-corrected chi connectivity index (χ2v) is 6.46. The standard InChI is InChI=1S/C21H20F2O4/c1-11(2)20(24)26-14-6-7-16(17(22)9-14)19-13(5)8-15(10-18(19)23)27-21(25)12(3)4/h6-7,9-10,13H,1,3,8H2,2,4-5H3. The van der Waals surface area contributed by atoms with Crippen LogP contribution in [0.15, 0.2) is 60.2 Å². The third-order valence-corrected chi connectivity index (χ3v) is 3.91. The van der Waals surface area contributed by atoms with Crippen LogP contribution in [0, 0.1) is 11.7 Å². The molecule has 1 atom stereocenters. The van der Waals surface area contributed by atoms with Crippen LogP contribution < -0.4 is 4.74 Å². The molecule has 1 unspecified atom stereocenters. The second kappa shape index (κ2) is 8.12. The molecular formula is C21H20F2O4. The minimum Gasteiger partial charge on any atom is -0.428 e. The Balaban J connectivity index is 2.32. The summed E-state index contributed by atoms with van der Waals surface area (Å²) in [6.07, 6.45) is 1.30. The van der Waals surface area contributed by atoms with E-state index in [0.717, 1.165) is 12.1 Å². The summed E-state index contributed by atoms with van der Waals surface area (Å²) in [6.45, 7) is 11.6. The molecular weight excluding hydrogens is 354 g/mol. The molecule has 1 aromatic carbocycles. The van der Waals surface area contributed by atoms with Crippen LogP contribution in [0.5, 0.6) is 5.75 Å². The largest absolute Gasteiger partial charge is 0.428 e. The van der Waals surface area contributed by atoms with E-state index >= 15 is 0 Å². The molecule has 142 valence electrons. The molecule has 0 amide bonds. The maximum atomic E-state index is 14.6. The highest BCUT2D eigenvalue weighted by Gasteiger charge is 2.26. The van der Waals surface area contributed by atoms with Crippen LogP contribution in [0.25, 0.3) is 5.57 Å². The Morgan fingerprint density at radius 3 is 2.19 bits per heavy atom. The molecule has 0 aliphatic heterocycles. The van der Waals surface area contributed by atoms with E-state index in [1.807, 2.05) is 0 Å². The van der Waals surface area contributed by atoms with E-state index in [-0.39, 0.29) is 40.2 Å². The lowest BCUT2D eigenvalue weighted by atomic mass is 9.86. The number of carbonyl (C=O) groups excluding carboxylic acids is 2. The molecule has 0 aromatic heterocycles. The summed E-state index contributed by atoms with van der Waals surface area (Å²) in [6, 6.07) is 3.75. The Hall–Kier alpha value is -3.02. The first-order valence-electron chi connectivity index (χ1n) is 8.25. The molecule has 0 heterocycles. The monoisotopic (exact) mass is 374 g/mol. The van der Waals surface area contributed by atoms with E-state index in [0.29, 0.717) is 0 Å². The minimum absolute atomic E-state index is 0.000315. The van der Waals surface area contributed by atoms with Gasteiger partial charge in [-0.15, -0.1) is 0 Å². The summed E-state index contributed by atoms with van der Waals surface area (Å²) >= 11 is 0. The quantitative estimate of drug-likeness (QED) is 0.412. The fourth-order valence-corrected chi connectivity index (χ4v) is 2.56. The molecule has 0 spiro atoms. The van der Waals surface area contributed by atoms with Gasteiger partial charge in [0.2, 0.25) is 0 Å². The molecule has 0 radical (unpaired) electrons. The number of esters is 2. The molecule has 6 heteroatoms. The third kappa shape index (κ3) is 4.78. The van der Waals surface area contributed by atoms with Crippen molar-refractivity contribution < 1.29 is 27.8 Å². The maximum absolute atomic E-state index is 14.6. The van der Waals surface area contributed by atoms with Gasteiger partial charge in [0, 0.05) is 40.8 Å². The maximum Gasteiger partial charge on any atom is 0.338 e. The van der Waals surface area contributed by atoms with Crippen molar-refractivity contribution in [3.05, 3.63) is 71.5 Å². The molecule has 0 fully saturated rings. The number of carbonyl (C=O) groups is 2. The minimum atomic E-state index is -0.727. The van der Waals surface area contributed by atoms with Gasteiger partial charge in [0.05, 0.1) is 0 Å². The number of ether oxygens (including phenoxy) is 2. The van der Waals surface area contributed by atoms with Crippen LogP contribution in [0.4, 0.5) is 8.78 Å². The van der Waals surface area contributed by atoms with E-state index in [2.05, 4.69) is 13.2 Å². The average molecular weight is 374 g/mol. The molecule has 4 nitrogen and oxygen atoms in total. The van der Waals surface area contributed by atoms with E-state index in [1.54, 1.807) is 6.92 Å². The number of allylic oxidation sites excluding steroid dienone is 4. The van der Waals surface area contributed by atoms with Gasteiger partial charge in [0.15, 0.2) is 0 Å². The van der Waals surface area contributed by atoms with Crippen molar-refractivity contribution in [1.29, 1.82) is 0 Å². The molecule has 1 aliphatic carbocycles. The zero-order valence-corrected chi connectivity index (χ0v) is 15.4. The van der Waals surface area contributed by atoms with Gasteiger partial charge in [0.25, 0.3) is 0 Å². The summed E-state index contributed by atoms with van der Waals surface area (Å²) in [5.41, 5.74) is 0.581. The van der Waals surface area contributed by atoms with Crippen LogP contribution in [0.2, 0.25) is 0 Å². The van der Waals surface area contributed by atoms with Gasteiger partial charge in [-0.25, -0.2) is 18.4 Å². The van der Waals surface area contributed by atoms with Crippen LogP contribution >= 0.6 is 0 Å². The van der Waals surface area contributed by atoms with Crippen LogP contribution in [-0.4, -0.2) is 11.9 Å². The van der Waals surface area contributed by atoms with E-state index in [9.17, 15) is 18.4 Å². The summed E-state index contributed by atoms with van der Waals surface area (Å²) in [5, 5.41) is 0. The number of rotatable bonds is 5. The number of hydrogen-bond donors (Lipinski definition) is 0. The number of hydrogen-bond acceptors (Lipinski definition) is 4. The molecule has 0 saturated carbocycles. The highest BCUT2D eigenvalue weighted by Crippen LogP contribution is 2.39. The number of halogens is 2. The molecule has 27 heavy (non-hydrogen) atoms. The summed E-state index contributed by atoms with van der Waals surface area (Å²) in [5.74, 6) is -3.01. The van der Waals surface area contributed by atoms with Gasteiger partial charge in [-0.3, -0.25) is 0 Å². The summed E-state index contributed by atoms with van der Waals surface area (Å²) in [7, 11) is 0. The van der Waals surface area contributed by atoms with Crippen molar-refractivity contribution in [3.8, 4) is 5.75 Å². The zero-order chi connectivity index (χ0) is 20.3. The van der Waals surface area contributed by atoms with Crippen LogP contribution in [0.3, 0.4) is 0 Å². The van der Waals surface area contributed by atoms with E-state index in [4.69, 9.17) is 9.47 Å². The van der Waals surface area contributed by atoms with Gasteiger partial charge in [-0.05, 0) is 31.9 Å². The molecule has 0 N–H and O–H groups in total.